The molecule has 1 aromatic carbocycles. The lowest BCUT2D eigenvalue weighted by atomic mass is 10.0. The molecule has 0 aromatic heterocycles. The van der Waals surface area contributed by atoms with Crippen molar-refractivity contribution in [3.63, 3.8) is 0 Å². The molecule has 1 fully saturated rings. The zero-order chi connectivity index (χ0) is 12.5. The van der Waals surface area contributed by atoms with E-state index in [-0.39, 0.29) is 17.5 Å². The molecule has 0 saturated carbocycles. The van der Waals surface area contributed by atoms with Crippen molar-refractivity contribution in [1.29, 1.82) is 0 Å². The monoisotopic (exact) mass is 237 g/mol. The Labute approximate surface area is 102 Å². The summed E-state index contributed by atoms with van der Waals surface area (Å²) in [6, 6.07) is 6.70. The number of morpholine rings is 1. The largest absolute Gasteiger partial charge is 0.371 e. The molecular formula is C14H20FNO. The molecule has 0 N–H and O–H groups in total. The zero-order valence-electron chi connectivity index (χ0n) is 10.7. The average Bonchev–Trinajstić information content (AvgIpc) is 2.28. The van der Waals surface area contributed by atoms with Gasteiger partial charge in [-0.2, -0.15) is 0 Å². The van der Waals surface area contributed by atoms with E-state index in [1.807, 2.05) is 6.07 Å². The molecule has 2 nitrogen and oxygen atoms in total. The molecule has 17 heavy (non-hydrogen) atoms. The molecule has 1 aliphatic rings. The highest BCUT2D eigenvalue weighted by molar-refractivity contribution is 5.19. The highest BCUT2D eigenvalue weighted by Gasteiger charge is 2.29. The lowest BCUT2D eigenvalue weighted by Crippen LogP contribution is -2.48. The van der Waals surface area contributed by atoms with Gasteiger partial charge in [-0.25, -0.2) is 4.39 Å². The molecule has 3 heteroatoms. The van der Waals surface area contributed by atoms with E-state index in [1.165, 1.54) is 6.07 Å². The van der Waals surface area contributed by atoms with Gasteiger partial charge in [0.05, 0.1) is 12.7 Å². The van der Waals surface area contributed by atoms with Gasteiger partial charge in [-0.15, -0.1) is 0 Å². The minimum Gasteiger partial charge on any atom is -0.371 e. The Morgan fingerprint density at radius 2 is 2.12 bits per heavy atom. The second-order valence-corrected chi connectivity index (χ2v) is 5.53. The van der Waals surface area contributed by atoms with E-state index >= 15 is 0 Å². The average molecular weight is 237 g/mol. The maximum absolute atomic E-state index is 13.2. The van der Waals surface area contributed by atoms with E-state index in [0.29, 0.717) is 6.61 Å². The molecule has 1 aliphatic heterocycles. The molecule has 0 amide bonds. The van der Waals surface area contributed by atoms with Gasteiger partial charge >= 0.3 is 0 Å². The number of nitrogens with zero attached hydrogens (tertiary/aromatic N) is 1. The third-order valence-corrected chi connectivity index (χ3v) is 3.24. The maximum Gasteiger partial charge on any atom is 0.123 e. The third kappa shape index (κ3) is 3.05. The van der Waals surface area contributed by atoms with Crippen molar-refractivity contribution >= 4 is 0 Å². The molecule has 94 valence electrons. The Kier molecular flexibility index (Phi) is 3.50. The van der Waals surface area contributed by atoms with E-state index in [4.69, 9.17) is 4.74 Å². The van der Waals surface area contributed by atoms with Gasteiger partial charge < -0.3 is 4.74 Å². The molecule has 0 aliphatic carbocycles. The molecule has 1 aromatic rings. The first kappa shape index (κ1) is 12.5. The van der Waals surface area contributed by atoms with Crippen LogP contribution in [0.25, 0.3) is 0 Å². The summed E-state index contributed by atoms with van der Waals surface area (Å²) in [6.07, 6.45) is -0.0151. The highest BCUT2D eigenvalue weighted by atomic mass is 19.1. The van der Waals surface area contributed by atoms with Crippen LogP contribution in [0.3, 0.4) is 0 Å². The first-order valence-electron chi connectivity index (χ1n) is 6.09. The molecule has 0 spiro atoms. The fourth-order valence-corrected chi connectivity index (χ4v) is 2.17. The number of hydrogen-bond donors (Lipinski definition) is 0. The standard InChI is InChI=1S/C14H20FNO/c1-14(2,3)16-7-8-17-13(10-16)11-5-4-6-12(15)9-11/h4-6,9,13H,7-8,10H2,1-3H3/t13-/m0/s1. The zero-order valence-corrected chi connectivity index (χ0v) is 10.7. The van der Waals surface area contributed by atoms with Gasteiger partial charge in [0, 0.05) is 18.6 Å². The summed E-state index contributed by atoms with van der Waals surface area (Å²) in [4.78, 5) is 2.38. The molecule has 0 unspecified atom stereocenters. The van der Waals surface area contributed by atoms with Crippen molar-refractivity contribution < 1.29 is 9.13 Å². The van der Waals surface area contributed by atoms with Gasteiger partial charge in [0.1, 0.15) is 5.82 Å². The number of hydrogen-bond acceptors (Lipinski definition) is 2. The summed E-state index contributed by atoms with van der Waals surface area (Å²) in [5, 5.41) is 0. The van der Waals surface area contributed by atoms with Crippen molar-refractivity contribution in [3.8, 4) is 0 Å². The Morgan fingerprint density at radius 3 is 2.76 bits per heavy atom. The first-order chi connectivity index (χ1) is 7.97. The lowest BCUT2D eigenvalue weighted by Gasteiger charge is -2.41. The van der Waals surface area contributed by atoms with E-state index < -0.39 is 0 Å². The Bertz CT molecular complexity index is 386. The smallest absolute Gasteiger partial charge is 0.123 e. The minimum atomic E-state index is -0.195. The van der Waals surface area contributed by atoms with Gasteiger partial charge in [0.2, 0.25) is 0 Å². The van der Waals surface area contributed by atoms with Crippen LogP contribution in [0, 0.1) is 5.82 Å². The van der Waals surface area contributed by atoms with Crippen LogP contribution in [0.5, 0.6) is 0 Å². The fourth-order valence-electron chi connectivity index (χ4n) is 2.17. The van der Waals surface area contributed by atoms with E-state index in [2.05, 4.69) is 25.7 Å². The van der Waals surface area contributed by atoms with Crippen LogP contribution in [0.2, 0.25) is 0 Å². The SMILES string of the molecule is CC(C)(C)N1CCO[C@H](c2cccc(F)c2)C1. The van der Waals surface area contributed by atoms with Crippen LogP contribution in [-0.2, 0) is 4.74 Å². The molecule has 0 radical (unpaired) electrons. The van der Waals surface area contributed by atoms with E-state index in [9.17, 15) is 4.39 Å². The van der Waals surface area contributed by atoms with Gasteiger partial charge in [0.15, 0.2) is 0 Å². The maximum atomic E-state index is 13.2. The molecule has 1 atom stereocenters. The summed E-state index contributed by atoms with van der Waals surface area (Å²) in [5.41, 5.74) is 1.06. The summed E-state index contributed by atoms with van der Waals surface area (Å²) in [5.74, 6) is -0.195. The van der Waals surface area contributed by atoms with Crippen LogP contribution >= 0.6 is 0 Å². The highest BCUT2D eigenvalue weighted by Crippen LogP contribution is 2.26. The fraction of sp³-hybridized carbons (Fsp3) is 0.571. The summed E-state index contributed by atoms with van der Waals surface area (Å²) in [6.45, 7) is 9.06. The lowest BCUT2D eigenvalue weighted by molar-refractivity contribution is -0.0597. The van der Waals surface area contributed by atoms with Crippen molar-refractivity contribution in [2.45, 2.75) is 32.4 Å². The molecule has 1 saturated heterocycles. The minimum absolute atomic E-state index is 0.0151. The number of halogens is 1. The van der Waals surface area contributed by atoms with Crippen molar-refractivity contribution in [2.24, 2.45) is 0 Å². The van der Waals surface area contributed by atoms with Crippen molar-refractivity contribution in [1.82, 2.24) is 4.90 Å². The summed E-state index contributed by atoms with van der Waals surface area (Å²) < 4.78 is 18.9. The second kappa shape index (κ2) is 4.75. The van der Waals surface area contributed by atoms with Crippen LogP contribution in [0.15, 0.2) is 24.3 Å². The number of rotatable bonds is 1. The van der Waals surface area contributed by atoms with Gasteiger partial charge in [-0.1, -0.05) is 12.1 Å². The Balaban J connectivity index is 2.12. The summed E-state index contributed by atoms with van der Waals surface area (Å²) in [7, 11) is 0. The summed E-state index contributed by atoms with van der Waals surface area (Å²) >= 11 is 0. The number of ether oxygens (including phenoxy) is 1. The quantitative estimate of drug-likeness (QED) is 0.744. The third-order valence-electron chi connectivity index (χ3n) is 3.24. The topological polar surface area (TPSA) is 12.5 Å². The van der Waals surface area contributed by atoms with E-state index in [1.54, 1.807) is 12.1 Å². The Morgan fingerprint density at radius 1 is 1.35 bits per heavy atom. The number of benzene rings is 1. The van der Waals surface area contributed by atoms with Crippen LogP contribution < -0.4 is 0 Å². The van der Waals surface area contributed by atoms with Crippen LogP contribution in [0.4, 0.5) is 4.39 Å². The molecule has 1 heterocycles. The van der Waals surface area contributed by atoms with Crippen LogP contribution in [0.1, 0.15) is 32.4 Å². The molecular weight excluding hydrogens is 217 g/mol. The molecule has 2 rings (SSSR count). The normalized spacial score (nSPS) is 22.7. The molecule has 0 bridgehead atoms. The van der Waals surface area contributed by atoms with Crippen molar-refractivity contribution in [2.75, 3.05) is 19.7 Å². The van der Waals surface area contributed by atoms with Crippen molar-refractivity contribution in [3.05, 3.63) is 35.6 Å². The first-order valence-corrected chi connectivity index (χ1v) is 6.09. The van der Waals surface area contributed by atoms with Gasteiger partial charge in [-0.3, -0.25) is 4.90 Å². The second-order valence-electron chi connectivity index (χ2n) is 5.53. The van der Waals surface area contributed by atoms with Gasteiger partial charge in [0.25, 0.3) is 0 Å². The van der Waals surface area contributed by atoms with Gasteiger partial charge in [-0.05, 0) is 38.5 Å². The Hall–Kier alpha value is -0.930. The van der Waals surface area contributed by atoms with E-state index in [0.717, 1.165) is 18.7 Å². The predicted molar refractivity (Wildman–Crippen MR) is 66.4 cm³/mol. The van der Waals surface area contributed by atoms with Crippen LogP contribution in [-0.4, -0.2) is 30.1 Å². The predicted octanol–water partition coefficient (Wildman–Crippen LogP) is 3.00.